The van der Waals surface area contributed by atoms with Gasteiger partial charge >= 0.3 is 0 Å². The minimum Gasteiger partial charge on any atom is -0.351 e. The van der Waals surface area contributed by atoms with Gasteiger partial charge in [0.2, 0.25) is 0 Å². The average Bonchev–Trinajstić information content (AvgIpc) is 3.15. The summed E-state index contributed by atoms with van der Waals surface area (Å²) >= 11 is 12.1. The second kappa shape index (κ2) is 8.53. The van der Waals surface area contributed by atoms with Crippen molar-refractivity contribution in [3.63, 3.8) is 0 Å². The Morgan fingerprint density at radius 3 is 2.41 bits per heavy atom. The number of aliphatic imine (C=N–C) groups is 1. The first-order valence-electron chi connectivity index (χ1n) is 9.77. The largest absolute Gasteiger partial charge is 0.351 e. The van der Waals surface area contributed by atoms with Crippen LogP contribution in [0.4, 0.5) is 0 Å². The lowest BCUT2D eigenvalue weighted by Crippen LogP contribution is -2.37. The Kier molecular flexibility index (Phi) is 5.89. The molecule has 1 aliphatic carbocycles. The normalized spacial score (nSPS) is 24.6. The minimum atomic E-state index is 0.266. The van der Waals surface area contributed by atoms with Crippen LogP contribution < -0.4 is 10.6 Å². The molecule has 142 valence electrons. The van der Waals surface area contributed by atoms with Crippen molar-refractivity contribution in [3.05, 3.63) is 69.7 Å². The maximum absolute atomic E-state index is 6.13. The van der Waals surface area contributed by atoms with Crippen LogP contribution in [-0.4, -0.2) is 12.0 Å². The molecule has 4 rings (SSSR count). The van der Waals surface area contributed by atoms with Crippen LogP contribution in [0.25, 0.3) is 0 Å². The van der Waals surface area contributed by atoms with Gasteiger partial charge in [-0.25, -0.2) is 4.99 Å². The molecule has 2 aromatic carbocycles. The average molecular weight is 402 g/mol. The summed E-state index contributed by atoms with van der Waals surface area (Å²) in [6, 6.07) is 17.0. The number of guanidine groups is 1. The van der Waals surface area contributed by atoms with Gasteiger partial charge in [-0.05, 0) is 42.0 Å². The number of hydrogen-bond donors (Lipinski definition) is 2. The monoisotopic (exact) mass is 401 g/mol. The highest BCUT2D eigenvalue weighted by Gasteiger charge is 2.37. The maximum Gasteiger partial charge on any atom is 0.192 e. The third-order valence-electron chi connectivity index (χ3n) is 5.67. The standard InChI is InChI=1S/C22H25Cl2N3/c23-18-12-11-15(13-19(18)24)14-25-22-26-20(16-7-3-1-4-8-16)21(27-22)17-9-5-2-6-10-17/h1,3-4,7-8,11-13,17,20-21H,2,5-6,9-10,14H2,(H2,25,26,27)/t20-,21-/m0/s1. The smallest absolute Gasteiger partial charge is 0.192 e. The summed E-state index contributed by atoms with van der Waals surface area (Å²) in [5.74, 6) is 1.57. The number of rotatable bonds is 4. The predicted molar refractivity (Wildman–Crippen MR) is 113 cm³/mol. The topological polar surface area (TPSA) is 36.4 Å². The van der Waals surface area contributed by atoms with E-state index in [-0.39, 0.29) is 6.04 Å². The third-order valence-corrected chi connectivity index (χ3v) is 6.41. The molecular weight excluding hydrogens is 377 g/mol. The molecule has 2 aliphatic rings. The van der Waals surface area contributed by atoms with Crippen LogP contribution in [0.2, 0.25) is 10.0 Å². The fraction of sp³-hybridized carbons (Fsp3) is 0.409. The van der Waals surface area contributed by atoms with Crippen molar-refractivity contribution in [2.45, 2.75) is 50.7 Å². The Bertz CT molecular complexity index is 800. The van der Waals surface area contributed by atoms with Crippen molar-refractivity contribution in [1.82, 2.24) is 10.6 Å². The quantitative estimate of drug-likeness (QED) is 0.685. The molecule has 0 spiro atoms. The molecule has 5 heteroatoms. The summed E-state index contributed by atoms with van der Waals surface area (Å²) in [5.41, 5.74) is 2.37. The molecule has 0 aromatic heterocycles. The van der Waals surface area contributed by atoms with Crippen LogP contribution in [0, 0.1) is 5.92 Å². The number of benzene rings is 2. The second-order valence-corrected chi connectivity index (χ2v) is 8.33. The Hall–Kier alpha value is -1.71. The van der Waals surface area contributed by atoms with Crippen LogP contribution in [0.1, 0.15) is 49.3 Å². The first-order valence-corrected chi connectivity index (χ1v) is 10.5. The van der Waals surface area contributed by atoms with Gasteiger partial charge in [0.05, 0.1) is 28.7 Å². The van der Waals surface area contributed by atoms with Crippen molar-refractivity contribution >= 4 is 29.2 Å². The van der Waals surface area contributed by atoms with Crippen molar-refractivity contribution in [2.24, 2.45) is 10.9 Å². The summed E-state index contributed by atoms with van der Waals surface area (Å²) < 4.78 is 0. The first kappa shape index (κ1) is 18.6. The summed E-state index contributed by atoms with van der Waals surface area (Å²) in [7, 11) is 0. The second-order valence-electron chi connectivity index (χ2n) is 7.51. The molecule has 2 atom stereocenters. The molecule has 27 heavy (non-hydrogen) atoms. The molecule has 2 N–H and O–H groups in total. The van der Waals surface area contributed by atoms with Gasteiger partial charge in [0.15, 0.2) is 5.96 Å². The van der Waals surface area contributed by atoms with Gasteiger partial charge in [-0.1, -0.05) is 78.9 Å². The number of halogens is 2. The Morgan fingerprint density at radius 2 is 1.67 bits per heavy atom. The van der Waals surface area contributed by atoms with Gasteiger partial charge in [0.25, 0.3) is 0 Å². The molecule has 0 bridgehead atoms. The van der Waals surface area contributed by atoms with Crippen LogP contribution in [0.5, 0.6) is 0 Å². The van der Waals surface area contributed by atoms with Crippen LogP contribution in [0.3, 0.4) is 0 Å². The molecule has 1 saturated carbocycles. The van der Waals surface area contributed by atoms with E-state index in [2.05, 4.69) is 41.0 Å². The predicted octanol–water partition coefficient (Wildman–Crippen LogP) is 5.73. The zero-order chi connectivity index (χ0) is 18.6. The maximum atomic E-state index is 6.13. The molecule has 3 nitrogen and oxygen atoms in total. The van der Waals surface area contributed by atoms with E-state index in [1.165, 1.54) is 37.7 Å². The van der Waals surface area contributed by atoms with Gasteiger partial charge in [-0.3, -0.25) is 0 Å². The number of hydrogen-bond acceptors (Lipinski definition) is 1. The molecule has 0 radical (unpaired) electrons. The van der Waals surface area contributed by atoms with Crippen LogP contribution in [0.15, 0.2) is 53.5 Å². The fourth-order valence-corrected chi connectivity index (χ4v) is 4.57. The van der Waals surface area contributed by atoms with Crippen molar-refractivity contribution in [1.29, 1.82) is 0 Å². The molecule has 1 heterocycles. The van der Waals surface area contributed by atoms with Crippen molar-refractivity contribution < 1.29 is 0 Å². The highest BCUT2D eigenvalue weighted by Crippen LogP contribution is 2.34. The Morgan fingerprint density at radius 1 is 0.889 bits per heavy atom. The lowest BCUT2D eigenvalue weighted by atomic mass is 9.80. The molecule has 2 fully saturated rings. The van der Waals surface area contributed by atoms with E-state index in [0.717, 1.165) is 11.5 Å². The number of nitrogens with zero attached hydrogens (tertiary/aromatic N) is 1. The Balaban J connectivity index is 1.53. The molecule has 0 unspecified atom stereocenters. The van der Waals surface area contributed by atoms with E-state index >= 15 is 0 Å². The molecule has 2 aromatic rings. The Labute approximate surface area is 171 Å². The van der Waals surface area contributed by atoms with Crippen LogP contribution in [-0.2, 0) is 6.54 Å². The first-order chi connectivity index (χ1) is 13.2. The minimum absolute atomic E-state index is 0.266. The van der Waals surface area contributed by atoms with E-state index < -0.39 is 0 Å². The summed E-state index contributed by atoms with van der Waals surface area (Å²) in [4.78, 5) is 4.78. The van der Waals surface area contributed by atoms with Gasteiger partial charge in [0.1, 0.15) is 0 Å². The molecule has 1 saturated heterocycles. The summed E-state index contributed by atoms with van der Waals surface area (Å²) in [5, 5.41) is 8.46. The van der Waals surface area contributed by atoms with Gasteiger partial charge in [0, 0.05) is 0 Å². The van der Waals surface area contributed by atoms with E-state index in [4.69, 9.17) is 28.2 Å². The highest BCUT2D eigenvalue weighted by atomic mass is 35.5. The van der Waals surface area contributed by atoms with Crippen LogP contribution >= 0.6 is 23.2 Å². The lowest BCUT2D eigenvalue weighted by molar-refractivity contribution is 0.271. The zero-order valence-electron chi connectivity index (χ0n) is 15.3. The van der Waals surface area contributed by atoms with E-state index in [9.17, 15) is 0 Å². The molecular formula is C22H25Cl2N3. The lowest BCUT2D eigenvalue weighted by Gasteiger charge is -2.30. The van der Waals surface area contributed by atoms with Gasteiger partial charge in [-0.2, -0.15) is 0 Å². The summed E-state index contributed by atoms with van der Waals surface area (Å²) in [6.07, 6.45) is 6.62. The fourth-order valence-electron chi connectivity index (χ4n) is 4.25. The van der Waals surface area contributed by atoms with E-state index in [1.54, 1.807) is 0 Å². The molecule has 0 amide bonds. The van der Waals surface area contributed by atoms with Crippen molar-refractivity contribution in [3.8, 4) is 0 Å². The zero-order valence-corrected chi connectivity index (χ0v) is 16.8. The van der Waals surface area contributed by atoms with Gasteiger partial charge in [-0.15, -0.1) is 0 Å². The van der Waals surface area contributed by atoms with E-state index in [0.29, 0.717) is 28.5 Å². The SMILES string of the molecule is Clc1ccc(CN=C2N[C@@H](c3ccccc3)[C@H](C3CCCCC3)N2)cc1Cl. The van der Waals surface area contributed by atoms with Gasteiger partial charge < -0.3 is 10.6 Å². The summed E-state index contributed by atoms with van der Waals surface area (Å²) in [6.45, 7) is 0.575. The van der Waals surface area contributed by atoms with E-state index in [1.807, 2.05) is 18.2 Å². The van der Waals surface area contributed by atoms with Crippen molar-refractivity contribution in [2.75, 3.05) is 0 Å². The molecule has 1 aliphatic heterocycles. The third kappa shape index (κ3) is 4.41. The highest BCUT2D eigenvalue weighted by molar-refractivity contribution is 6.42. The number of nitrogens with one attached hydrogen (secondary N) is 2.